The normalized spacial score (nSPS) is 10.9. The molecule has 3 nitrogen and oxygen atoms in total. The van der Waals surface area contributed by atoms with Gasteiger partial charge in [0.2, 0.25) is 0 Å². The number of aliphatic hydroxyl groups is 1. The van der Waals surface area contributed by atoms with Crippen LogP contribution < -0.4 is 4.90 Å². The molecule has 0 radical (unpaired) electrons. The summed E-state index contributed by atoms with van der Waals surface area (Å²) in [5, 5.41) is 9.03. The molecule has 2 rings (SSSR count). The van der Waals surface area contributed by atoms with Gasteiger partial charge in [0.25, 0.3) is 0 Å². The van der Waals surface area contributed by atoms with Crippen molar-refractivity contribution in [3.8, 4) is 0 Å². The fourth-order valence-corrected chi connectivity index (χ4v) is 2.03. The Morgan fingerprint density at radius 2 is 1.75 bits per heavy atom. The summed E-state index contributed by atoms with van der Waals surface area (Å²) in [6.45, 7) is 3.79. The van der Waals surface area contributed by atoms with Gasteiger partial charge < -0.3 is 10.0 Å². The first-order valence-corrected chi connectivity index (χ1v) is 6.88. The van der Waals surface area contributed by atoms with Crippen LogP contribution in [0.25, 0.3) is 0 Å². The van der Waals surface area contributed by atoms with Gasteiger partial charge in [0, 0.05) is 25.0 Å². The Morgan fingerprint density at radius 3 is 2.35 bits per heavy atom. The van der Waals surface area contributed by atoms with Crippen molar-refractivity contribution in [3.05, 3.63) is 60.2 Å². The Bertz CT molecular complexity index is 535. The quantitative estimate of drug-likeness (QED) is 0.816. The average molecular weight is 268 g/mol. The highest BCUT2D eigenvalue weighted by molar-refractivity contribution is 5.81. The molecule has 0 aliphatic rings. The number of anilines is 1. The first-order chi connectivity index (χ1) is 9.83. The van der Waals surface area contributed by atoms with E-state index in [0.29, 0.717) is 6.54 Å². The van der Waals surface area contributed by atoms with E-state index in [1.807, 2.05) is 60.8 Å². The minimum absolute atomic E-state index is 0.168. The molecule has 3 heteroatoms. The van der Waals surface area contributed by atoms with Crippen LogP contribution >= 0.6 is 0 Å². The predicted molar refractivity (Wildman–Crippen MR) is 85.1 cm³/mol. The monoisotopic (exact) mass is 268 g/mol. The Labute approximate surface area is 120 Å². The molecule has 2 aromatic carbocycles. The van der Waals surface area contributed by atoms with Crippen LogP contribution in [0.2, 0.25) is 0 Å². The molecule has 0 spiro atoms. The highest BCUT2D eigenvalue weighted by atomic mass is 16.3. The van der Waals surface area contributed by atoms with Gasteiger partial charge in [-0.1, -0.05) is 30.3 Å². The SMILES string of the molecule is CCN(CCO)c1ccc(N=Cc2ccccc2)cc1. The lowest BCUT2D eigenvalue weighted by Gasteiger charge is -2.21. The van der Waals surface area contributed by atoms with Crippen molar-refractivity contribution in [2.24, 2.45) is 4.99 Å². The molecule has 0 unspecified atom stereocenters. The van der Waals surface area contributed by atoms with Crippen molar-refractivity contribution in [1.82, 2.24) is 0 Å². The summed E-state index contributed by atoms with van der Waals surface area (Å²) in [7, 11) is 0. The fraction of sp³-hybridized carbons (Fsp3) is 0.235. The maximum absolute atomic E-state index is 9.03. The molecule has 0 atom stereocenters. The van der Waals surface area contributed by atoms with Crippen LogP contribution in [0.1, 0.15) is 12.5 Å². The molecule has 2 aromatic rings. The van der Waals surface area contributed by atoms with Crippen LogP contribution in [0.3, 0.4) is 0 Å². The Morgan fingerprint density at radius 1 is 1.05 bits per heavy atom. The van der Waals surface area contributed by atoms with Crippen LogP contribution in [0, 0.1) is 0 Å². The molecule has 0 aliphatic carbocycles. The summed E-state index contributed by atoms with van der Waals surface area (Å²) in [6.07, 6.45) is 1.86. The second kappa shape index (κ2) is 7.46. The van der Waals surface area contributed by atoms with Gasteiger partial charge in [-0.05, 0) is 36.8 Å². The number of likely N-dealkylation sites (N-methyl/N-ethyl adjacent to an activating group) is 1. The standard InChI is InChI=1S/C17H20N2O/c1-2-19(12-13-20)17-10-8-16(9-11-17)18-14-15-6-4-3-5-7-15/h3-11,14,20H,2,12-13H2,1H3. The summed E-state index contributed by atoms with van der Waals surface area (Å²) in [5.41, 5.74) is 3.13. The molecule has 104 valence electrons. The number of hydrogen-bond acceptors (Lipinski definition) is 3. The lowest BCUT2D eigenvalue weighted by molar-refractivity contribution is 0.302. The van der Waals surface area contributed by atoms with Gasteiger partial charge >= 0.3 is 0 Å². The van der Waals surface area contributed by atoms with Gasteiger partial charge in [-0.15, -0.1) is 0 Å². The van der Waals surface area contributed by atoms with Gasteiger partial charge in [-0.3, -0.25) is 4.99 Å². The zero-order valence-electron chi connectivity index (χ0n) is 11.7. The topological polar surface area (TPSA) is 35.8 Å². The van der Waals surface area contributed by atoms with Gasteiger partial charge in [0.05, 0.1) is 12.3 Å². The Hall–Kier alpha value is -2.13. The van der Waals surface area contributed by atoms with Crippen LogP contribution in [0.15, 0.2) is 59.6 Å². The molecule has 0 heterocycles. The van der Waals surface area contributed by atoms with Crippen molar-refractivity contribution in [2.75, 3.05) is 24.6 Å². The zero-order chi connectivity index (χ0) is 14.2. The third-order valence-corrected chi connectivity index (χ3v) is 3.13. The van der Waals surface area contributed by atoms with Crippen molar-refractivity contribution in [3.63, 3.8) is 0 Å². The second-order valence-electron chi connectivity index (χ2n) is 4.49. The summed E-state index contributed by atoms with van der Waals surface area (Å²) in [6, 6.07) is 18.1. The number of benzene rings is 2. The van der Waals surface area contributed by atoms with E-state index in [0.717, 1.165) is 23.5 Å². The van der Waals surface area contributed by atoms with Crippen LogP contribution in [-0.4, -0.2) is 31.0 Å². The van der Waals surface area contributed by atoms with E-state index in [-0.39, 0.29) is 6.61 Å². The summed E-state index contributed by atoms with van der Waals surface area (Å²) in [4.78, 5) is 6.59. The van der Waals surface area contributed by atoms with E-state index in [1.54, 1.807) is 0 Å². The molecular formula is C17H20N2O. The molecule has 0 aliphatic heterocycles. The molecule has 0 saturated heterocycles. The van der Waals surface area contributed by atoms with Crippen LogP contribution in [0.5, 0.6) is 0 Å². The highest BCUT2D eigenvalue weighted by Gasteiger charge is 2.02. The molecule has 20 heavy (non-hydrogen) atoms. The van der Waals surface area contributed by atoms with E-state index in [4.69, 9.17) is 5.11 Å². The van der Waals surface area contributed by atoms with Crippen LogP contribution in [-0.2, 0) is 0 Å². The highest BCUT2D eigenvalue weighted by Crippen LogP contribution is 2.19. The number of nitrogens with zero attached hydrogens (tertiary/aromatic N) is 2. The van der Waals surface area contributed by atoms with Crippen LogP contribution in [0.4, 0.5) is 11.4 Å². The molecule has 0 saturated carbocycles. The number of hydrogen-bond donors (Lipinski definition) is 1. The van der Waals surface area contributed by atoms with E-state index >= 15 is 0 Å². The van der Waals surface area contributed by atoms with Gasteiger partial charge in [-0.25, -0.2) is 0 Å². The summed E-state index contributed by atoms with van der Waals surface area (Å²) in [5.74, 6) is 0. The fourth-order valence-electron chi connectivity index (χ4n) is 2.03. The van der Waals surface area contributed by atoms with Crippen molar-refractivity contribution < 1.29 is 5.11 Å². The van der Waals surface area contributed by atoms with E-state index in [2.05, 4.69) is 16.8 Å². The third-order valence-electron chi connectivity index (χ3n) is 3.13. The summed E-state index contributed by atoms with van der Waals surface area (Å²) >= 11 is 0. The first kappa shape index (κ1) is 14.3. The average Bonchev–Trinajstić information content (AvgIpc) is 2.52. The minimum atomic E-state index is 0.168. The van der Waals surface area contributed by atoms with Gasteiger partial charge in [0.15, 0.2) is 0 Å². The van der Waals surface area contributed by atoms with Gasteiger partial charge in [0.1, 0.15) is 0 Å². The lowest BCUT2D eigenvalue weighted by Crippen LogP contribution is -2.25. The maximum atomic E-state index is 9.03. The van der Waals surface area contributed by atoms with Crippen molar-refractivity contribution in [2.45, 2.75) is 6.92 Å². The molecule has 0 bridgehead atoms. The molecule has 0 amide bonds. The lowest BCUT2D eigenvalue weighted by atomic mass is 10.2. The minimum Gasteiger partial charge on any atom is -0.395 e. The maximum Gasteiger partial charge on any atom is 0.0631 e. The molecule has 0 fully saturated rings. The second-order valence-corrected chi connectivity index (χ2v) is 4.49. The zero-order valence-corrected chi connectivity index (χ0v) is 11.7. The van der Waals surface area contributed by atoms with E-state index < -0.39 is 0 Å². The van der Waals surface area contributed by atoms with Crippen molar-refractivity contribution >= 4 is 17.6 Å². The number of aliphatic hydroxyl groups excluding tert-OH is 1. The smallest absolute Gasteiger partial charge is 0.0631 e. The molecular weight excluding hydrogens is 248 g/mol. The molecule has 1 N–H and O–H groups in total. The largest absolute Gasteiger partial charge is 0.395 e. The Kier molecular flexibility index (Phi) is 5.33. The number of aliphatic imine (C=N–C) groups is 1. The first-order valence-electron chi connectivity index (χ1n) is 6.88. The predicted octanol–water partition coefficient (Wildman–Crippen LogP) is 3.26. The van der Waals surface area contributed by atoms with Crippen molar-refractivity contribution in [1.29, 1.82) is 0 Å². The summed E-state index contributed by atoms with van der Waals surface area (Å²) < 4.78 is 0. The Balaban J connectivity index is 2.06. The van der Waals surface area contributed by atoms with E-state index in [1.165, 1.54) is 0 Å². The number of rotatable bonds is 6. The molecule has 0 aromatic heterocycles. The third kappa shape index (κ3) is 3.93. The van der Waals surface area contributed by atoms with Gasteiger partial charge in [-0.2, -0.15) is 0 Å². The van der Waals surface area contributed by atoms with E-state index in [9.17, 15) is 0 Å².